The molecule has 0 unspecified atom stereocenters. The highest BCUT2D eigenvalue weighted by Crippen LogP contribution is 2.33. The maximum Gasteiger partial charge on any atom is 0.173 e. The molecule has 1 heterocycles. The van der Waals surface area contributed by atoms with E-state index in [0.717, 1.165) is 0 Å². The number of nitrogen functional groups attached to an aromatic ring is 1. The van der Waals surface area contributed by atoms with Gasteiger partial charge < -0.3 is 11.5 Å². The Labute approximate surface area is 96.0 Å². The van der Waals surface area contributed by atoms with E-state index in [1.165, 1.54) is 6.20 Å². The lowest BCUT2D eigenvalue weighted by atomic mass is 9.70. The fourth-order valence-corrected chi connectivity index (χ4v) is 1.22. The molecule has 0 aliphatic heterocycles. The van der Waals surface area contributed by atoms with Gasteiger partial charge in [0.05, 0.1) is 5.56 Å². The Balaban J connectivity index is 3.18. The van der Waals surface area contributed by atoms with Gasteiger partial charge in [0.25, 0.3) is 0 Å². The number of carbonyl (C=O) groups is 1. The first-order valence-electron chi connectivity index (χ1n) is 5.21. The first-order chi connectivity index (χ1) is 7.18. The number of carbonyl (C=O) groups excluding carboxylic acids is 1. The zero-order valence-electron chi connectivity index (χ0n) is 10.2. The molecular formula is C12H19N3O. The van der Waals surface area contributed by atoms with Crippen LogP contribution in [0, 0.1) is 5.41 Å². The summed E-state index contributed by atoms with van der Waals surface area (Å²) in [6, 6.07) is 1.62. The van der Waals surface area contributed by atoms with Gasteiger partial charge in [0.2, 0.25) is 0 Å². The molecule has 1 aromatic rings. The van der Waals surface area contributed by atoms with Gasteiger partial charge in [-0.3, -0.25) is 9.78 Å². The highest BCUT2D eigenvalue weighted by Gasteiger charge is 2.41. The van der Waals surface area contributed by atoms with E-state index in [4.69, 9.17) is 11.5 Å². The summed E-state index contributed by atoms with van der Waals surface area (Å²) in [4.78, 5) is 16.3. The molecule has 88 valence electrons. The van der Waals surface area contributed by atoms with Crippen molar-refractivity contribution in [2.24, 2.45) is 11.1 Å². The van der Waals surface area contributed by atoms with Crippen molar-refractivity contribution in [1.82, 2.24) is 4.98 Å². The second kappa shape index (κ2) is 3.87. The predicted molar refractivity (Wildman–Crippen MR) is 65.0 cm³/mol. The second-order valence-corrected chi connectivity index (χ2v) is 5.14. The van der Waals surface area contributed by atoms with Crippen LogP contribution < -0.4 is 11.5 Å². The molecule has 4 N–H and O–H groups in total. The number of Topliss-reactive ketones (excluding diaryl/α,β-unsaturated/α-hetero) is 1. The number of pyridine rings is 1. The lowest BCUT2D eigenvalue weighted by molar-refractivity contribution is 0.0735. The van der Waals surface area contributed by atoms with E-state index >= 15 is 0 Å². The second-order valence-electron chi connectivity index (χ2n) is 5.14. The van der Waals surface area contributed by atoms with Crippen molar-refractivity contribution < 1.29 is 4.79 Å². The Bertz CT molecular complexity index is 405. The molecule has 0 aromatic carbocycles. The molecular weight excluding hydrogens is 202 g/mol. The largest absolute Gasteiger partial charge is 0.398 e. The van der Waals surface area contributed by atoms with E-state index in [-0.39, 0.29) is 5.78 Å². The predicted octanol–water partition coefficient (Wildman–Crippen LogP) is 1.61. The summed E-state index contributed by atoms with van der Waals surface area (Å²) < 4.78 is 0. The first-order valence-corrected chi connectivity index (χ1v) is 5.21. The van der Waals surface area contributed by atoms with E-state index in [1.54, 1.807) is 12.3 Å². The van der Waals surface area contributed by atoms with Gasteiger partial charge in [-0.15, -0.1) is 0 Å². The van der Waals surface area contributed by atoms with Crippen molar-refractivity contribution in [3.63, 3.8) is 0 Å². The summed E-state index contributed by atoms with van der Waals surface area (Å²) >= 11 is 0. The fourth-order valence-electron chi connectivity index (χ4n) is 1.22. The van der Waals surface area contributed by atoms with Gasteiger partial charge in [-0.2, -0.15) is 0 Å². The summed E-state index contributed by atoms with van der Waals surface area (Å²) in [6.07, 6.45) is 3.05. The van der Waals surface area contributed by atoms with Crippen LogP contribution in [0.2, 0.25) is 0 Å². The molecule has 16 heavy (non-hydrogen) atoms. The molecule has 0 aliphatic rings. The Hall–Kier alpha value is -1.42. The van der Waals surface area contributed by atoms with Crippen LogP contribution in [0.4, 0.5) is 5.69 Å². The average molecular weight is 221 g/mol. The van der Waals surface area contributed by atoms with Crippen LogP contribution in [0.1, 0.15) is 38.1 Å². The Morgan fingerprint density at radius 1 is 1.31 bits per heavy atom. The minimum Gasteiger partial charge on any atom is -0.398 e. The SMILES string of the molecule is CC(C)(N)C(C)(C)C(=O)c1cnccc1N. The van der Waals surface area contributed by atoms with Crippen LogP contribution in [-0.2, 0) is 0 Å². The molecule has 0 amide bonds. The van der Waals surface area contributed by atoms with Gasteiger partial charge in [-0.05, 0) is 19.9 Å². The van der Waals surface area contributed by atoms with E-state index < -0.39 is 11.0 Å². The maximum atomic E-state index is 12.3. The summed E-state index contributed by atoms with van der Waals surface area (Å²) in [5, 5.41) is 0. The molecule has 4 nitrogen and oxygen atoms in total. The van der Waals surface area contributed by atoms with Crippen molar-refractivity contribution in [3.8, 4) is 0 Å². The van der Waals surface area contributed by atoms with Gasteiger partial charge in [-0.25, -0.2) is 0 Å². The number of hydrogen-bond donors (Lipinski definition) is 2. The number of nitrogens with two attached hydrogens (primary N) is 2. The normalized spacial score (nSPS) is 12.6. The topological polar surface area (TPSA) is 82.0 Å². The highest BCUT2D eigenvalue weighted by atomic mass is 16.1. The van der Waals surface area contributed by atoms with Crippen molar-refractivity contribution in [1.29, 1.82) is 0 Å². The first kappa shape index (κ1) is 12.6. The fraction of sp³-hybridized carbons (Fsp3) is 0.500. The maximum absolute atomic E-state index is 12.3. The third-order valence-corrected chi connectivity index (χ3v) is 3.28. The zero-order chi connectivity index (χ0) is 12.6. The van der Waals surface area contributed by atoms with Crippen molar-refractivity contribution in [3.05, 3.63) is 24.0 Å². The van der Waals surface area contributed by atoms with Gasteiger partial charge in [0, 0.05) is 29.0 Å². The Kier molecular flexibility index (Phi) is 3.06. The molecule has 0 atom stereocenters. The van der Waals surface area contributed by atoms with Crippen LogP contribution in [-0.4, -0.2) is 16.3 Å². The van der Waals surface area contributed by atoms with Gasteiger partial charge in [-0.1, -0.05) is 13.8 Å². The molecule has 0 saturated heterocycles. The number of anilines is 1. The van der Waals surface area contributed by atoms with Gasteiger partial charge in [0.1, 0.15) is 0 Å². The average Bonchev–Trinajstić information content (AvgIpc) is 2.15. The zero-order valence-corrected chi connectivity index (χ0v) is 10.2. The van der Waals surface area contributed by atoms with Gasteiger partial charge in [0.15, 0.2) is 5.78 Å². The Morgan fingerprint density at radius 2 is 1.88 bits per heavy atom. The molecule has 4 heteroatoms. The molecule has 0 saturated carbocycles. The van der Waals surface area contributed by atoms with Crippen molar-refractivity contribution in [2.45, 2.75) is 33.2 Å². The molecule has 0 bridgehead atoms. The minimum absolute atomic E-state index is 0.0781. The van der Waals surface area contributed by atoms with Crippen LogP contribution in [0.3, 0.4) is 0 Å². The summed E-state index contributed by atoms with van der Waals surface area (Å²) in [5.74, 6) is -0.0781. The van der Waals surface area contributed by atoms with Crippen LogP contribution in [0.5, 0.6) is 0 Å². The lowest BCUT2D eigenvalue weighted by Crippen LogP contribution is -2.52. The number of ketones is 1. The number of nitrogens with zero attached hydrogens (tertiary/aromatic N) is 1. The molecule has 1 rings (SSSR count). The molecule has 0 spiro atoms. The van der Waals surface area contributed by atoms with Crippen molar-refractivity contribution >= 4 is 11.5 Å². The minimum atomic E-state index is -0.690. The standard InChI is InChI=1S/C12H19N3O/c1-11(2,12(3,4)14)10(16)8-7-15-6-5-9(8)13/h5-7H,14H2,1-4H3,(H2,13,15). The van der Waals surface area contributed by atoms with Crippen LogP contribution in [0.15, 0.2) is 18.5 Å². The number of hydrogen-bond acceptors (Lipinski definition) is 4. The molecule has 0 fully saturated rings. The third kappa shape index (κ3) is 2.07. The Morgan fingerprint density at radius 3 is 2.31 bits per heavy atom. The monoisotopic (exact) mass is 221 g/mol. The smallest absolute Gasteiger partial charge is 0.173 e. The summed E-state index contributed by atoms with van der Waals surface area (Å²) in [7, 11) is 0. The quantitative estimate of drug-likeness (QED) is 0.760. The molecule has 0 radical (unpaired) electrons. The number of aromatic nitrogens is 1. The van der Waals surface area contributed by atoms with Crippen LogP contribution in [0.25, 0.3) is 0 Å². The van der Waals surface area contributed by atoms with Gasteiger partial charge >= 0.3 is 0 Å². The summed E-state index contributed by atoms with van der Waals surface area (Å²) in [6.45, 7) is 7.30. The highest BCUT2D eigenvalue weighted by molar-refractivity contribution is 6.04. The van der Waals surface area contributed by atoms with Crippen LogP contribution >= 0.6 is 0 Å². The van der Waals surface area contributed by atoms with Crippen molar-refractivity contribution in [2.75, 3.05) is 5.73 Å². The molecule has 0 aliphatic carbocycles. The molecule has 1 aromatic heterocycles. The summed E-state index contributed by atoms with van der Waals surface area (Å²) in [5.41, 5.74) is 11.3. The van der Waals surface area contributed by atoms with E-state index in [0.29, 0.717) is 11.3 Å². The van der Waals surface area contributed by atoms with E-state index in [1.807, 2.05) is 27.7 Å². The van der Waals surface area contributed by atoms with E-state index in [2.05, 4.69) is 4.98 Å². The number of rotatable bonds is 3. The lowest BCUT2D eigenvalue weighted by Gasteiger charge is -2.37. The third-order valence-electron chi connectivity index (χ3n) is 3.28. The van der Waals surface area contributed by atoms with E-state index in [9.17, 15) is 4.79 Å².